The van der Waals surface area contributed by atoms with Gasteiger partial charge < -0.3 is 4.42 Å². The number of furan rings is 1. The molecule has 1 aromatic carbocycles. The minimum absolute atomic E-state index is 0.0754. The first-order chi connectivity index (χ1) is 10.6. The molecule has 0 atom stereocenters. The van der Waals surface area contributed by atoms with Crippen molar-refractivity contribution in [3.63, 3.8) is 0 Å². The van der Waals surface area contributed by atoms with Gasteiger partial charge in [-0.15, -0.1) is 0 Å². The molecule has 0 unspecified atom stereocenters. The number of hydrogen-bond donors (Lipinski definition) is 0. The summed E-state index contributed by atoms with van der Waals surface area (Å²) < 4.78 is 31.9. The van der Waals surface area contributed by atoms with E-state index in [0.29, 0.717) is 13.1 Å². The fourth-order valence-electron chi connectivity index (χ4n) is 2.66. The predicted octanol–water partition coefficient (Wildman–Crippen LogP) is 1.93. The molecule has 0 amide bonds. The lowest BCUT2D eigenvalue weighted by molar-refractivity contribution is 0.171. The summed E-state index contributed by atoms with van der Waals surface area (Å²) in [6.07, 6.45) is 1.66. The van der Waals surface area contributed by atoms with Gasteiger partial charge in [0.05, 0.1) is 18.6 Å². The fourth-order valence-corrected chi connectivity index (χ4v) is 4.18. The molecule has 0 saturated carbocycles. The molecule has 0 N–H and O–H groups in total. The van der Waals surface area contributed by atoms with Crippen molar-refractivity contribution in [2.24, 2.45) is 0 Å². The third-order valence-corrected chi connectivity index (χ3v) is 5.73. The highest BCUT2D eigenvalue weighted by molar-refractivity contribution is 7.88. The quantitative estimate of drug-likeness (QED) is 0.845. The van der Waals surface area contributed by atoms with Crippen molar-refractivity contribution in [3.05, 3.63) is 60.1 Å². The second-order valence-corrected chi connectivity index (χ2v) is 7.47. The van der Waals surface area contributed by atoms with E-state index >= 15 is 0 Å². The molecule has 1 aromatic heterocycles. The van der Waals surface area contributed by atoms with E-state index in [9.17, 15) is 8.42 Å². The van der Waals surface area contributed by atoms with Gasteiger partial charge in [-0.1, -0.05) is 30.3 Å². The zero-order valence-corrected chi connectivity index (χ0v) is 13.2. The Morgan fingerprint density at radius 3 is 2.32 bits per heavy atom. The first-order valence-electron chi connectivity index (χ1n) is 7.40. The summed E-state index contributed by atoms with van der Waals surface area (Å²) in [5.74, 6) is 0.993. The Morgan fingerprint density at radius 2 is 1.68 bits per heavy atom. The molecule has 0 spiro atoms. The molecule has 1 aliphatic heterocycles. The van der Waals surface area contributed by atoms with E-state index in [2.05, 4.69) is 4.90 Å². The van der Waals surface area contributed by atoms with Gasteiger partial charge in [-0.05, 0) is 17.7 Å². The van der Waals surface area contributed by atoms with Crippen LogP contribution >= 0.6 is 0 Å². The van der Waals surface area contributed by atoms with E-state index in [1.54, 1.807) is 10.6 Å². The normalized spacial score (nSPS) is 17.6. The Hall–Kier alpha value is -1.63. The summed E-state index contributed by atoms with van der Waals surface area (Å²) in [7, 11) is -3.24. The molecule has 118 valence electrons. The molecule has 3 rings (SSSR count). The zero-order valence-electron chi connectivity index (χ0n) is 12.4. The number of nitrogens with zero attached hydrogens (tertiary/aromatic N) is 2. The summed E-state index contributed by atoms with van der Waals surface area (Å²) in [4.78, 5) is 2.22. The third kappa shape index (κ3) is 3.76. The van der Waals surface area contributed by atoms with E-state index in [4.69, 9.17) is 4.42 Å². The highest BCUT2D eigenvalue weighted by Crippen LogP contribution is 2.15. The number of hydrogen-bond acceptors (Lipinski definition) is 4. The summed E-state index contributed by atoms with van der Waals surface area (Å²) in [6, 6.07) is 13.1. The molecule has 22 heavy (non-hydrogen) atoms. The average Bonchev–Trinajstić information content (AvgIpc) is 3.01. The van der Waals surface area contributed by atoms with Crippen LogP contribution in [0.15, 0.2) is 53.1 Å². The van der Waals surface area contributed by atoms with Gasteiger partial charge >= 0.3 is 0 Å². The van der Waals surface area contributed by atoms with Crippen molar-refractivity contribution in [3.8, 4) is 0 Å². The average molecular weight is 320 g/mol. The third-order valence-electron chi connectivity index (χ3n) is 3.88. The second-order valence-electron chi connectivity index (χ2n) is 5.50. The van der Waals surface area contributed by atoms with E-state index in [0.717, 1.165) is 31.0 Å². The van der Waals surface area contributed by atoms with Gasteiger partial charge in [-0.3, -0.25) is 4.90 Å². The zero-order chi connectivity index (χ0) is 15.4. The van der Waals surface area contributed by atoms with Crippen LogP contribution in [0.1, 0.15) is 11.3 Å². The van der Waals surface area contributed by atoms with Crippen LogP contribution in [0.5, 0.6) is 0 Å². The van der Waals surface area contributed by atoms with Gasteiger partial charge in [0.15, 0.2) is 0 Å². The smallest absolute Gasteiger partial charge is 0.218 e. The van der Waals surface area contributed by atoms with Gasteiger partial charge in [0.2, 0.25) is 10.0 Å². The molecule has 2 heterocycles. The molecule has 1 aliphatic rings. The SMILES string of the molecule is O=S(=O)(Cc1ccccc1)N1CCN(Cc2ccco2)CC1. The molecule has 1 fully saturated rings. The van der Waals surface area contributed by atoms with Crippen LogP contribution in [0.25, 0.3) is 0 Å². The summed E-state index contributed by atoms with van der Waals surface area (Å²) in [5, 5.41) is 0. The van der Waals surface area contributed by atoms with Crippen LogP contribution in [-0.4, -0.2) is 43.8 Å². The summed E-state index contributed by atoms with van der Waals surface area (Å²) >= 11 is 0. The van der Waals surface area contributed by atoms with Gasteiger partial charge in [0, 0.05) is 26.2 Å². The van der Waals surface area contributed by atoms with E-state index < -0.39 is 10.0 Å². The van der Waals surface area contributed by atoms with Gasteiger partial charge in [-0.25, -0.2) is 8.42 Å². The Kier molecular flexibility index (Phi) is 4.61. The maximum absolute atomic E-state index is 12.5. The molecule has 5 nitrogen and oxygen atoms in total. The number of piperazine rings is 1. The monoisotopic (exact) mass is 320 g/mol. The van der Waals surface area contributed by atoms with Crippen LogP contribution in [-0.2, 0) is 22.3 Å². The van der Waals surface area contributed by atoms with Crippen LogP contribution in [0, 0.1) is 0 Å². The Bertz CT molecular complexity index is 675. The van der Waals surface area contributed by atoms with Gasteiger partial charge in [-0.2, -0.15) is 4.31 Å². The van der Waals surface area contributed by atoms with Gasteiger partial charge in [0.25, 0.3) is 0 Å². The summed E-state index contributed by atoms with van der Waals surface area (Å²) in [6.45, 7) is 3.27. The Balaban J connectivity index is 1.56. The summed E-state index contributed by atoms with van der Waals surface area (Å²) in [5.41, 5.74) is 0.834. The van der Waals surface area contributed by atoms with E-state index in [-0.39, 0.29) is 5.75 Å². The largest absolute Gasteiger partial charge is 0.468 e. The lowest BCUT2D eigenvalue weighted by Gasteiger charge is -2.33. The molecule has 0 aliphatic carbocycles. The van der Waals surface area contributed by atoms with Crippen molar-refractivity contribution in [2.75, 3.05) is 26.2 Å². The first-order valence-corrected chi connectivity index (χ1v) is 9.01. The Morgan fingerprint density at radius 1 is 0.955 bits per heavy atom. The van der Waals surface area contributed by atoms with E-state index in [1.165, 1.54) is 0 Å². The van der Waals surface area contributed by atoms with Crippen LogP contribution in [0.2, 0.25) is 0 Å². The standard InChI is InChI=1S/C16H20N2O3S/c19-22(20,14-15-5-2-1-3-6-15)18-10-8-17(9-11-18)13-16-7-4-12-21-16/h1-7,12H,8-11,13-14H2. The molecule has 1 saturated heterocycles. The minimum Gasteiger partial charge on any atom is -0.468 e. The minimum atomic E-state index is -3.24. The maximum Gasteiger partial charge on any atom is 0.218 e. The topological polar surface area (TPSA) is 53.8 Å². The highest BCUT2D eigenvalue weighted by Gasteiger charge is 2.27. The predicted molar refractivity (Wildman–Crippen MR) is 84.6 cm³/mol. The van der Waals surface area contributed by atoms with Crippen molar-refractivity contribution < 1.29 is 12.8 Å². The Labute approximate surface area is 131 Å². The van der Waals surface area contributed by atoms with Crippen molar-refractivity contribution in [1.82, 2.24) is 9.21 Å². The lowest BCUT2D eigenvalue weighted by atomic mass is 10.2. The molecule has 0 bridgehead atoms. The van der Waals surface area contributed by atoms with Crippen molar-refractivity contribution in [2.45, 2.75) is 12.3 Å². The molecular weight excluding hydrogens is 300 g/mol. The van der Waals surface area contributed by atoms with E-state index in [1.807, 2.05) is 42.5 Å². The van der Waals surface area contributed by atoms with Crippen LogP contribution < -0.4 is 0 Å². The molecule has 6 heteroatoms. The fraction of sp³-hybridized carbons (Fsp3) is 0.375. The number of benzene rings is 1. The molecule has 0 radical (unpaired) electrons. The highest BCUT2D eigenvalue weighted by atomic mass is 32.2. The second kappa shape index (κ2) is 6.64. The van der Waals surface area contributed by atoms with Crippen LogP contribution in [0.3, 0.4) is 0 Å². The van der Waals surface area contributed by atoms with Gasteiger partial charge in [0.1, 0.15) is 5.76 Å². The molecular formula is C16H20N2O3S. The van der Waals surface area contributed by atoms with Crippen molar-refractivity contribution in [1.29, 1.82) is 0 Å². The molecule has 2 aromatic rings. The number of rotatable bonds is 5. The first kappa shape index (κ1) is 15.3. The van der Waals surface area contributed by atoms with Crippen molar-refractivity contribution >= 4 is 10.0 Å². The number of sulfonamides is 1. The maximum atomic E-state index is 12.5. The lowest BCUT2D eigenvalue weighted by Crippen LogP contribution is -2.48. The van der Waals surface area contributed by atoms with Crippen LogP contribution in [0.4, 0.5) is 0 Å².